The van der Waals surface area contributed by atoms with E-state index in [0.29, 0.717) is 32.0 Å². The molecule has 0 bridgehead atoms. The Kier molecular flexibility index (Phi) is 5.38. The van der Waals surface area contributed by atoms with Crippen LogP contribution in [0.25, 0.3) is 0 Å². The van der Waals surface area contributed by atoms with Gasteiger partial charge in [-0.3, -0.25) is 4.79 Å². The van der Waals surface area contributed by atoms with Crippen LogP contribution in [0, 0.1) is 0 Å². The summed E-state index contributed by atoms with van der Waals surface area (Å²) in [6.45, 7) is 4.15. The van der Waals surface area contributed by atoms with E-state index in [1.807, 2.05) is 22.9 Å². The number of carbonyl (C=O) groups is 1. The molecule has 1 unspecified atom stereocenters. The molecular weight excluding hydrogens is 246 g/mol. The van der Waals surface area contributed by atoms with Crippen molar-refractivity contribution in [1.82, 2.24) is 15.2 Å². The molecule has 2 heterocycles. The third-order valence-corrected chi connectivity index (χ3v) is 3.09. The first-order valence-electron chi connectivity index (χ1n) is 6.56. The number of morpholine rings is 1. The molecule has 1 saturated heterocycles. The Bertz CT molecular complexity index is 400. The van der Waals surface area contributed by atoms with E-state index < -0.39 is 0 Å². The average molecular weight is 267 g/mol. The number of aromatic nitrogens is 1. The molecule has 0 radical (unpaired) electrons. The van der Waals surface area contributed by atoms with Gasteiger partial charge in [0.2, 0.25) is 0 Å². The Morgan fingerprint density at radius 3 is 3.32 bits per heavy atom. The van der Waals surface area contributed by atoms with Crippen LogP contribution in [0.3, 0.4) is 0 Å². The molecule has 6 nitrogen and oxygen atoms in total. The second-order valence-electron chi connectivity index (χ2n) is 4.49. The van der Waals surface area contributed by atoms with Gasteiger partial charge in [-0.1, -0.05) is 0 Å². The molecule has 1 amide bonds. The lowest BCUT2D eigenvalue weighted by molar-refractivity contribution is 0.0286. The molecule has 0 aliphatic carbocycles. The summed E-state index contributed by atoms with van der Waals surface area (Å²) in [6, 6.07) is 3.67. The van der Waals surface area contributed by atoms with Crippen molar-refractivity contribution in [1.29, 1.82) is 0 Å². The van der Waals surface area contributed by atoms with Crippen LogP contribution in [0.2, 0.25) is 0 Å². The minimum Gasteiger partial charge on any atom is -0.383 e. The number of nitrogens with one attached hydrogen (secondary N) is 2. The first-order valence-corrected chi connectivity index (χ1v) is 6.56. The molecule has 106 valence electrons. The van der Waals surface area contributed by atoms with Crippen LogP contribution >= 0.6 is 0 Å². The third kappa shape index (κ3) is 4.05. The van der Waals surface area contributed by atoms with Crippen molar-refractivity contribution >= 4 is 5.91 Å². The highest BCUT2D eigenvalue weighted by Crippen LogP contribution is 2.03. The van der Waals surface area contributed by atoms with Gasteiger partial charge in [-0.15, -0.1) is 0 Å². The van der Waals surface area contributed by atoms with E-state index in [1.54, 1.807) is 7.11 Å². The normalized spacial score (nSPS) is 19.3. The van der Waals surface area contributed by atoms with Crippen molar-refractivity contribution in [2.24, 2.45) is 0 Å². The summed E-state index contributed by atoms with van der Waals surface area (Å²) < 4.78 is 12.4. The predicted octanol–water partition coefficient (Wildman–Crippen LogP) is -0.147. The van der Waals surface area contributed by atoms with Gasteiger partial charge in [-0.05, 0) is 12.1 Å². The number of nitrogens with zero attached hydrogens (tertiary/aromatic N) is 1. The molecule has 1 atom stereocenters. The topological polar surface area (TPSA) is 64.5 Å². The summed E-state index contributed by atoms with van der Waals surface area (Å²) in [4.78, 5) is 12.1. The highest BCUT2D eigenvalue weighted by Gasteiger charge is 2.16. The zero-order valence-electron chi connectivity index (χ0n) is 11.2. The lowest BCUT2D eigenvalue weighted by atomic mass is 10.3. The van der Waals surface area contributed by atoms with Gasteiger partial charge in [0.25, 0.3) is 5.91 Å². The maximum Gasteiger partial charge on any atom is 0.267 e. The van der Waals surface area contributed by atoms with Crippen LogP contribution in [-0.2, 0) is 16.0 Å². The average Bonchev–Trinajstić information content (AvgIpc) is 2.92. The number of hydrogen-bond acceptors (Lipinski definition) is 4. The second kappa shape index (κ2) is 7.28. The molecule has 1 aromatic heterocycles. The van der Waals surface area contributed by atoms with Crippen LogP contribution in [0.5, 0.6) is 0 Å². The van der Waals surface area contributed by atoms with E-state index in [2.05, 4.69) is 10.6 Å². The molecule has 19 heavy (non-hydrogen) atoms. The fourth-order valence-electron chi connectivity index (χ4n) is 2.05. The van der Waals surface area contributed by atoms with Crippen molar-refractivity contribution < 1.29 is 14.3 Å². The molecule has 1 aliphatic rings. The molecule has 0 saturated carbocycles. The van der Waals surface area contributed by atoms with Crippen LogP contribution in [-0.4, -0.2) is 56.5 Å². The minimum atomic E-state index is -0.0738. The van der Waals surface area contributed by atoms with Crippen molar-refractivity contribution in [3.8, 4) is 0 Å². The van der Waals surface area contributed by atoms with Crippen molar-refractivity contribution in [2.45, 2.75) is 12.6 Å². The smallest absolute Gasteiger partial charge is 0.267 e. The standard InChI is InChI=1S/C13H21N3O3/c1-18-8-6-16-5-2-3-12(16)13(17)15-10-11-9-14-4-7-19-11/h2-3,5,11,14H,4,6-10H2,1H3,(H,15,17). The molecule has 1 aliphatic heterocycles. The Morgan fingerprint density at radius 2 is 2.58 bits per heavy atom. The van der Waals surface area contributed by atoms with Crippen LogP contribution in [0.1, 0.15) is 10.5 Å². The second-order valence-corrected chi connectivity index (χ2v) is 4.49. The summed E-state index contributed by atoms with van der Waals surface area (Å²) in [7, 11) is 1.65. The molecule has 0 aromatic carbocycles. The number of ether oxygens (including phenoxy) is 2. The van der Waals surface area contributed by atoms with E-state index >= 15 is 0 Å². The maximum absolute atomic E-state index is 12.1. The molecule has 1 fully saturated rings. The van der Waals surface area contributed by atoms with Gasteiger partial charge in [0.05, 0.1) is 19.3 Å². The van der Waals surface area contributed by atoms with E-state index in [4.69, 9.17) is 9.47 Å². The van der Waals surface area contributed by atoms with Gasteiger partial charge in [-0.25, -0.2) is 0 Å². The molecular formula is C13H21N3O3. The van der Waals surface area contributed by atoms with E-state index in [1.165, 1.54) is 0 Å². The number of carbonyl (C=O) groups excluding carboxylic acids is 1. The number of methoxy groups -OCH3 is 1. The highest BCUT2D eigenvalue weighted by atomic mass is 16.5. The van der Waals surface area contributed by atoms with Crippen molar-refractivity contribution in [3.05, 3.63) is 24.0 Å². The van der Waals surface area contributed by atoms with Gasteiger partial charge >= 0.3 is 0 Å². The number of hydrogen-bond donors (Lipinski definition) is 2. The third-order valence-electron chi connectivity index (χ3n) is 3.09. The quantitative estimate of drug-likeness (QED) is 0.752. The van der Waals surface area contributed by atoms with Crippen LogP contribution in [0.15, 0.2) is 18.3 Å². The number of rotatable bonds is 6. The molecule has 2 N–H and O–H groups in total. The first kappa shape index (κ1) is 14.0. The van der Waals surface area contributed by atoms with E-state index in [0.717, 1.165) is 13.1 Å². The van der Waals surface area contributed by atoms with Gasteiger partial charge in [0.15, 0.2) is 0 Å². The van der Waals surface area contributed by atoms with Gasteiger partial charge in [-0.2, -0.15) is 0 Å². The summed E-state index contributed by atoms with van der Waals surface area (Å²) in [5.74, 6) is -0.0738. The summed E-state index contributed by atoms with van der Waals surface area (Å²) in [5, 5.41) is 6.14. The monoisotopic (exact) mass is 267 g/mol. The minimum absolute atomic E-state index is 0.0556. The summed E-state index contributed by atoms with van der Waals surface area (Å²) >= 11 is 0. The van der Waals surface area contributed by atoms with Crippen molar-refractivity contribution in [2.75, 3.05) is 40.0 Å². The zero-order chi connectivity index (χ0) is 13.5. The van der Waals surface area contributed by atoms with E-state index in [9.17, 15) is 4.79 Å². The Balaban J connectivity index is 1.83. The Labute approximate surface area is 113 Å². The molecule has 0 spiro atoms. The number of amides is 1. The van der Waals surface area contributed by atoms with Crippen LogP contribution in [0.4, 0.5) is 0 Å². The SMILES string of the molecule is COCCn1cccc1C(=O)NCC1CNCCO1. The van der Waals surface area contributed by atoms with Crippen LogP contribution < -0.4 is 10.6 Å². The largest absolute Gasteiger partial charge is 0.383 e. The molecule has 2 rings (SSSR count). The first-order chi connectivity index (χ1) is 9.31. The molecule has 1 aromatic rings. The zero-order valence-corrected chi connectivity index (χ0v) is 11.2. The fourth-order valence-corrected chi connectivity index (χ4v) is 2.05. The Hall–Kier alpha value is -1.37. The fraction of sp³-hybridized carbons (Fsp3) is 0.615. The Morgan fingerprint density at radius 1 is 1.68 bits per heavy atom. The highest BCUT2D eigenvalue weighted by molar-refractivity contribution is 5.92. The summed E-state index contributed by atoms with van der Waals surface area (Å²) in [6.07, 6.45) is 1.94. The predicted molar refractivity (Wildman–Crippen MR) is 71.3 cm³/mol. The van der Waals surface area contributed by atoms with Gasteiger partial charge < -0.3 is 24.7 Å². The lowest BCUT2D eigenvalue weighted by Crippen LogP contribution is -2.45. The van der Waals surface area contributed by atoms with Crippen molar-refractivity contribution in [3.63, 3.8) is 0 Å². The van der Waals surface area contributed by atoms with E-state index in [-0.39, 0.29) is 12.0 Å². The van der Waals surface area contributed by atoms with Gasteiger partial charge in [0, 0.05) is 39.5 Å². The maximum atomic E-state index is 12.1. The summed E-state index contributed by atoms with van der Waals surface area (Å²) in [5.41, 5.74) is 0.654. The molecule has 6 heteroatoms. The lowest BCUT2D eigenvalue weighted by Gasteiger charge is -2.23. The van der Waals surface area contributed by atoms with Gasteiger partial charge in [0.1, 0.15) is 5.69 Å².